The number of nitrogens with zero attached hydrogens (tertiary/aromatic N) is 1. The average Bonchev–Trinajstić information content (AvgIpc) is 3.01. The summed E-state index contributed by atoms with van der Waals surface area (Å²) in [6.45, 7) is 5.54. The molecule has 2 atom stereocenters. The van der Waals surface area contributed by atoms with Crippen LogP contribution in [0.5, 0.6) is 0 Å². The fourth-order valence-electron chi connectivity index (χ4n) is 5.79. The minimum Gasteiger partial charge on any atom is -0.481 e. The van der Waals surface area contributed by atoms with Crippen LogP contribution in [0.25, 0.3) is 0 Å². The molecule has 0 aliphatic heterocycles. The fourth-order valence-corrected chi connectivity index (χ4v) is 5.79. The van der Waals surface area contributed by atoms with Crippen molar-refractivity contribution in [3.63, 3.8) is 0 Å². The molecule has 2 aromatic carbocycles. The number of halogens is 2. The molecule has 0 radical (unpaired) electrons. The van der Waals surface area contributed by atoms with Gasteiger partial charge in [-0.05, 0) is 93.2 Å². The molecule has 3 amide bonds. The van der Waals surface area contributed by atoms with Gasteiger partial charge in [-0.15, -0.1) is 0 Å². The topological polar surface area (TPSA) is 136 Å². The average molecular weight is 630 g/mol. The summed E-state index contributed by atoms with van der Waals surface area (Å²) in [5, 5.41) is 25.8. The van der Waals surface area contributed by atoms with Gasteiger partial charge in [0, 0.05) is 43.2 Å². The van der Waals surface area contributed by atoms with Crippen LogP contribution in [0, 0.1) is 23.5 Å². The van der Waals surface area contributed by atoms with Gasteiger partial charge in [-0.1, -0.05) is 19.9 Å². The Kier molecular flexibility index (Phi) is 13.9. The Labute approximate surface area is 263 Å². The van der Waals surface area contributed by atoms with Gasteiger partial charge >= 0.3 is 5.97 Å². The van der Waals surface area contributed by atoms with E-state index in [-0.39, 0.29) is 54.0 Å². The van der Waals surface area contributed by atoms with E-state index in [2.05, 4.69) is 10.6 Å². The zero-order valence-corrected chi connectivity index (χ0v) is 26.1. The van der Waals surface area contributed by atoms with Crippen LogP contribution in [0.15, 0.2) is 42.5 Å². The molecule has 2 aromatic rings. The number of benzene rings is 2. The molecule has 45 heavy (non-hydrogen) atoms. The highest BCUT2D eigenvalue weighted by atomic mass is 19.1. The minimum atomic E-state index is -1.23. The molecule has 3 rings (SSSR count). The van der Waals surface area contributed by atoms with Crippen molar-refractivity contribution in [3.05, 3.63) is 70.8 Å². The van der Waals surface area contributed by atoms with Gasteiger partial charge in [0.15, 0.2) is 0 Å². The summed E-state index contributed by atoms with van der Waals surface area (Å²) in [6.07, 6.45) is 2.73. The van der Waals surface area contributed by atoms with Gasteiger partial charge in [-0.2, -0.15) is 0 Å². The Morgan fingerprint density at radius 1 is 0.933 bits per heavy atom. The van der Waals surface area contributed by atoms with Crippen molar-refractivity contribution in [1.29, 1.82) is 0 Å². The van der Waals surface area contributed by atoms with Crippen LogP contribution < -0.4 is 10.6 Å². The van der Waals surface area contributed by atoms with Crippen molar-refractivity contribution < 1.29 is 38.2 Å². The van der Waals surface area contributed by atoms with Gasteiger partial charge in [0.05, 0.1) is 18.1 Å². The molecule has 11 heteroatoms. The zero-order chi connectivity index (χ0) is 32.9. The molecule has 1 fully saturated rings. The Bertz CT molecular complexity index is 1290. The lowest BCUT2D eigenvalue weighted by Gasteiger charge is -2.26. The molecule has 0 spiro atoms. The second-order valence-electron chi connectivity index (χ2n) is 11.9. The first-order valence-corrected chi connectivity index (χ1v) is 15.8. The van der Waals surface area contributed by atoms with E-state index in [9.17, 15) is 33.1 Å². The van der Waals surface area contributed by atoms with Crippen LogP contribution in [0.2, 0.25) is 0 Å². The number of carbonyl (C=O) groups is 4. The van der Waals surface area contributed by atoms with Crippen molar-refractivity contribution in [3.8, 4) is 0 Å². The monoisotopic (exact) mass is 629 g/mol. The smallest absolute Gasteiger partial charge is 0.306 e. The zero-order valence-electron chi connectivity index (χ0n) is 26.1. The summed E-state index contributed by atoms with van der Waals surface area (Å²) in [6, 6.07) is 8.24. The lowest BCUT2D eigenvalue weighted by Crippen LogP contribution is -2.45. The molecule has 4 N–H and O–H groups in total. The molecule has 0 heterocycles. The Hall–Kier alpha value is -3.86. The van der Waals surface area contributed by atoms with Crippen LogP contribution in [-0.4, -0.2) is 70.6 Å². The first-order valence-electron chi connectivity index (χ1n) is 15.8. The van der Waals surface area contributed by atoms with Gasteiger partial charge in [-0.25, -0.2) is 8.78 Å². The van der Waals surface area contributed by atoms with Gasteiger partial charge in [0.25, 0.3) is 11.8 Å². The van der Waals surface area contributed by atoms with Crippen LogP contribution in [0.1, 0.15) is 91.5 Å². The number of rotatable bonds is 16. The Balaban J connectivity index is 1.66. The highest BCUT2D eigenvalue weighted by molar-refractivity contribution is 5.99. The third-order valence-corrected chi connectivity index (χ3v) is 8.26. The number of aliphatic hydroxyl groups is 1. The molecule has 1 aliphatic rings. The maximum atomic E-state index is 13.9. The van der Waals surface area contributed by atoms with Gasteiger partial charge in [0.1, 0.15) is 11.6 Å². The highest BCUT2D eigenvalue weighted by Gasteiger charge is 2.27. The molecule has 0 saturated heterocycles. The first-order chi connectivity index (χ1) is 21.5. The third kappa shape index (κ3) is 11.2. The van der Waals surface area contributed by atoms with E-state index >= 15 is 0 Å². The maximum Gasteiger partial charge on any atom is 0.306 e. The number of carboxylic acids is 1. The summed E-state index contributed by atoms with van der Waals surface area (Å²) in [5.74, 6) is -3.61. The number of hydrogen-bond donors (Lipinski definition) is 4. The Morgan fingerprint density at radius 2 is 1.56 bits per heavy atom. The van der Waals surface area contributed by atoms with E-state index in [1.807, 2.05) is 13.8 Å². The van der Waals surface area contributed by atoms with E-state index in [0.717, 1.165) is 31.0 Å². The lowest BCUT2D eigenvalue weighted by atomic mass is 9.82. The largest absolute Gasteiger partial charge is 0.481 e. The number of amides is 3. The molecule has 1 aliphatic carbocycles. The molecule has 246 valence electrons. The standard InChI is InChI=1S/C34H45F2N3O6/c1-3-14-39(15-4-2)33(43)26-7-5-6-25(19-26)32(42)38-29(18-23-16-27(35)20-28(36)17-23)30(40)12-13-31(41)37-21-22-8-10-24(11-9-22)34(44)45/h5-7,16-17,19-20,22,24,29-30,40H,3-4,8-15,18,21H2,1-2H3,(H,37,41)(H,38,42)(H,44,45)/t22?,24?,29-,30-/m0/s1. The second-order valence-corrected chi connectivity index (χ2v) is 11.9. The summed E-state index contributed by atoms with van der Waals surface area (Å²) in [7, 11) is 0. The van der Waals surface area contributed by atoms with E-state index in [1.54, 1.807) is 23.1 Å². The summed E-state index contributed by atoms with van der Waals surface area (Å²) in [4.78, 5) is 51.9. The fraction of sp³-hybridized carbons (Fsp3) is 0.529. The predicted octanol–water partition coefficient (Wildman–Crippen LogP) is 4.72. The van der Waals surface area contributed by atoms with Crippen molar-refractivity contribution >= 4 is 23.7 Å². The quantitative estimate of drug-likeness (QED) is 0.212. The molecular formula is C34H45F2N3O6. The third-order valence-electron chi connectivity index (χ3n) is 8.26. The SMILES string of the molecule is CCCN(CCC)C(=O)c1cccc(C(=O)N[C@@H](Cc2cc(F)cc(F)c2)[C@@H](O)CCC(=O)NCC2CCC(C(=O)O)CC2)c1. The van der Waals surface area contributed by atoms with Crippen molar-refractivity contribution in [2.75, 3.05) is 19.6 Å². The number of carboxylic acid groups (broad SMARTS) is 1. The van der Waals surface area contributed by atoms with E-state index in [0.29, 0.717) is 50.9 Å². The lowest BCUT2D eigenvalue weighted by molar-refractivity contribution is -0.143. The molecule has 1 saturated carbocycles. The molecule has 0 unspecified atom stereocenters. The van der Waals surface area contributed by atoms with Gasteiger partial charge in [-0.3, -0.25) is 19.2 Å². The normalized spacial score (nSPS) is 17.6. The number of aliphatic hydroxyl groups excluding tert-OH is 1. The number of aliphatic carboxylic acids is 1. The van der Waals surface area contributed by atoms with Crippen LogP contribution in [-0.2, 0) is 16.0 Å². The molecule has 0 bridgehead atoms. The Morgan fingerprint density at radius 3 is 2.16 bits per heavy atom. The molecule has 0 aromatic heterocycles. The highest BCUT2D eigenvalue weighted by Crippen LogP contribution is 2.28. The first kappa shape index (κ1) is 35.6. The minimum absolute atomic E-state index is 0.0259. The van der Waals surface area contributed by atoms with Crippen molar-refractivity contribution in [1.82, 2.24) is 15.5 Å². The van der Waals surface area contributed by atoms with E-state index in [4.69, 9.17) is 5.11 Å². The summed E-state index contributed by atoms with van der Waals surface area (Å²) in [5.41, 5.74) is 0.755. The summed E-state index contributed by atoms with van der Waals surface area (Å²) < 4.78 is 27.9. The molecule has 9 nitrogen and oxygen atoms in total. The second kappa shape index (κ2) is 17.6. The van der Waals surface area contributed by atoms with Gasteiger partial charge < -0.3 is 25.7 Å². The van der Waals surface area contributed by atoms with Crippen LogP contribution in [0.3, 0.4) is 0 Å². The van der Waals surface area contributed by atoms with E-state index < -0.39 is 35.7 Å². The number of carbonyl (C=O) groups excluding carboxylic acids is 3. The van der Waals surface area contributed by atoms with Gasteiger partial charge in [0.2, 0.25) is 5.91 Å². The van der Waals surface area contributed by atoms with Crippen LogP contribution in [0.4, 0.5) is 8.78 Å². The predicted molar refractivity (Wildman–Crippen MR) is 166 cm³/mol. The maximum absolute atomic E-state index is 13.9. The molecular weight excluding hydrogens is 584 g/mol. The van der Waals surface area contributed by atoms with E-state index in [1.165, 1.54) is 6.07 Å². The number of hydrogen-bond acceptors (Lipinski definition) is 5. The van der Waals surface area contributed by atoms with Crippen molar-refractivity contribution in [2.45, 2.75) is 83.8 Å². The van der Waals surface area contributed by atoms with Crippen molar-refractivity contribution in [2.24, 2.45) is 11.8 Å². The number of nitrogens with one attached hydrogen (secondary N) is 2. The summed E-state index contributed by atoms with van der Waals surface area (Å²) >= 11 is 0. The van der Waals surface area contributed by atoms with Crippen LogP contribution >= 0.6 is 0 Å².